The molecule has 2 amide bonds. The summed E-state index contributed by atoms with van der Waals surface area (Å²) in [6.07, 6.45) is 0.0752. The van der Waals surface area contributed by atoms with Crippen LogP contribution in [-0.4, -0.2) is 36.9 Å². The van der Waals surface area contributed by atoms with E-state index in [1.807, 2.05) is 0 Å². The van der Waals surface area contributed by atoms with Crippen molar-refractivity contribution in [2.75, 3.05) is 30.8 Å². The van der Waals surface area contributed by atoms with Crippen molar-refractivity contribution in [3.63, 3.8) is 0 Å². The van der Waals surface area contributed by atoms with Crippen molar-refractivity contribution < 1.29 is 18.4 Å². The molecule has 0 aliphatic rings. The van der Waals surface area contributed by atoms with Crippen LogP contribution < -0.4 is 10.6 Å². The molecular formula is C18H18ClF2N3O2. The van der Waals surface area contributed by atoms with E-state index in [4.69, 9.17) is 11.6 Å². The number of benzene rings is 2. The van der Waals surface area contributed by atoms with Crippen molar-refractivity contribution in [3.8, 4) is 0 Å². The summed E-state index contributed by atoms with van der Waals surface area (Å²) in [4.78, 5) is 25.4. The fraction of sp³-hybridized carbons (Fsp3) is 0.222. The molecular weight excluding hydrogens is 364 g/mol. The van der Waals surface area contributed by atoms with E-state index in [9.17, 15) is 18.4 Å². The molecule has 2 N–H and O–H groups in total. The highest BCUT2D eigenvalue weighted by atomic mass is 35.5. The van der Waals surface area contributed by atoms with Gasteiger partial charge in [0.15, 0.2) is 0 Å². The summed E-state index contributed by atoms with van der Waals surface area (Å²) in [6.45, 7) is 0.316. The van der Waals surface area contributed by atoms with E-state index in [0.29, 0.717) is 5.69 Å². The number of hydrogen-bond acceptors (Lipinski definition) is 3. The number of carbonyl (C=O) groups excluding carboxylic acids is 2. The summed E-state index contributed by atoms with van der Waals surface area (Å²) in [5.74, 6) is -1.78. The Morgan fingerprint density at radius 3 is 2.54 bits per heavy atom. The second-order valence-electron chi connectivity index (χ2n) is 5.72. The summed E-state index contributed by atoms with van der Waals surface area (Å²) in [6, 6.07) is 9.54. The van der Waals surface area contributed by atoms with E-state index >= 15 is 0 Å². The molecule has 0 fully saturated rings. The molecule has 138 valence electrons. The minimum absolute atomic E-state index is 0.0269. The zero-order valence-corrected chi connectivity index (χ0v) is 14.8. The molecule has 0 aliphatic carbocycles. The SMILES string of the molecule is CN(CCC(=O)Nc1ccc(Cl)cc1F)CC(=O)Nc1cccc(F)c1. The Morgan fingerprint density at radius 1 is 1.08 bits per heavy atom. The quantitative estimate of drug-likeness (QED) is 0.771. The summed E-state index contributed by atoms with van der Waals surface area (Å²) >= 11 is 5.65. The molecule has 2 aromatic rings. The van der Waals surface area contributed by atoms with Gasteiger partial charge in [-0.2, -0.15) is 0 Å². The molecule has 26 heavy (non-hydrogen) atoms. The highest BCUT2D eigenvalue weighted by molar-refractivity contribution is 6.30. The minimum atomic E-state index is -0.617. The average Bonchev–Trinajstić information content (AvgIpc) is 2.55. The summed E-state index contributed by atoms with van der Waals surface area (Å²) < 4.78 is 26.7. The average molecular weight is 382 g/mol. The Balaban J connectivity index is 1.76. The van der Waals surface area contributed by atoms with Crippen LogP contribution >= 0.6 is 11.6 Å². The van der Waals surface area contributed by atoms with Crippen molar-refractivity contribution in [3.05, 3.63) is 59.1 Å². The van der Waals surface area contributed by atoms with Crippen molar-refractivity contribution in [2.45, 2.75) is 6.42 Å². The maximum absolute atomic E-state index is 13.6. The van der Waals surface area contributed by atoms with Crippen LogP contribution in [-0.2, 0) is 9.59 Å². The van der Waals surface area contributed by atoms with Crippen molar-refractivity contribution in [1.29, 1.82) is 0 Å². The van der Waals surface area contributed by atoms with Crippen molar-refractivity contribution >= 4 is 34.8 Å². The van der Waals surface area contributed by atoms with Crippen molar-refractivity contribution in [2.24, 2.45) is 0 Å². The van der Waals surface area contributed by atoms with Gasteiger partial charge in [0.2, 0.25) is 11.8 Å². The topological polar surface area (TPSA) is 61.4 Å². The number of likely N-dealkylation sites (N-methyl/N-ethyl adjacent to an activating group) is 1. The zero-order chi connectivity index (χ0) is 19.1. The molecule has 2 aromatic carbocycles. The van der Waals surface area contributed by atoms with Crippen LogP contribution in [0.25, 0.3) is 0 Å². The highest BCUT2D eigenvalue weighted by Crippen LogP contribution is 2.19. The first-order chi connectivity index (χ1) is 12.3. The van der Waals surface area contributed by atoms with Gasteiger partial charge in [0, 0.05) is 23.7 Å². The largest absolute Gasteiger partial charge is 0.325 e. The van der Waals surface area contributed by atoms with Crippen LogP contribution in [0.1, 0.15) is 6.42 Å². The van der Waals surface area contributed by atoms with Crippen LogP contribution in [0.2, 0.25) is 5.02 Å². The van der Waals surface area contributed by atoms with Gasteiger partial charge in [0.05, 0.1) is 12.2 Å². The number of nitrogens with zero attached hydrogens (tertiary/aromatic N) is 1. The van der Waals surface area contributed by atoms with E-state index in [1.165, 1.54) is 30.3 Å². The number of amides is 2. The highest BCUT2D eigenvalue weighted by Gasteiger charge is 2.11. The van der Waals surface area contributed by atoms with Crippen molar-refractivity contribution in [1.82, 2.24) is 4.90 Å². The Morgan fingerprint density at radius 2 is 1.85 bits per heavy atom. The molecule has 0 saturated heterocycles. The zero-order valence-electron chi connectivity index (χ0n) is 14.1. The molecule has 0 saturated carbocycles. The normalized spacial score (nSPS) is 10.7. The molecule has 0 heterocycles. The van der Waals surface area contributed by atoms with Gasteiger partial charge in [-0.05, 0) is 43.4 Å². The Bertz CT molecular complexity index is 802. The van der Waals surface area contributed by atoms with Crippen LogP contribution in [0.15, 0.2) is 42.5 Å². The third-order valence-electron chi connectivity index (χ3n) is 3.45. The van der Waals surface area contributed by atoms with Crippen LogP contribution in [0, 0.1) is 11.6 Å². The van der Waals surface area contributed by atoms with E-state index in [1.54, 1.807) is 18.0 Å². The lowest BCUT2D eigenvalue weighted by Crippen LogP contribution is -2.32. The first-order valence-corrected chi connectivity index (χ1v) is 8.20. The molecule has 0 aliphatic heterocycles. The van der Waals surface area contributed by atoms with Gasteiger partial charge in [-0.15, -0.1) is 0 Å². The fourth-order valence-electron chi connectivity index (χ4n) is 2.19. The van der Waals surface area contributed by atoms with E-state index < -0.39 is 11.6 Å². The lowest BCUT2D eigenvalue weighted by molar-refractivity contribution is -0.119. The first kappa shape index (κ1) is 19.8. The number of nitrogens with one attached hydrogen (secondary N) is 2. The standard InChI is InChI=1S/C18H18ClF2N3O2/c1-24(11-18(26)22-14-4-2-3-13(20)10-14)8-7-17(25)23-16-6-5-12(19)9-15(16)21/h2-6,9-10H,7-8,11H2,1H3,(H,22,26)(H,23,25). The van der Waals surface area contributed by atoms with Gasteiger partial charge < -0.3 is 10.6 Å². The molecule has 0 radical (unpaired) electrons. The lowest BCUT2D eigenvalue weighted by atomic mass is 10.3. The van der Waals surface area contributed by atoms with E-state index in [0.717, 1.165) is 6.07 Å². The Labute approximate surface area is 154 Å². The summed E-state index contributed by atoms with van der Waals surface area (Å²) in [7, 11) is 1.67. The Kier molecular flexibility index (Phi) is 7.06. The van der Waals surface area contributed by atoms with Gasteiger partial charge in [-0.1, -0.05) is 17.7 Å². The smallest absolute Gasteiger partial charge is 0.238 e. The molecule has 2 rings (SSSR count). The molecule has 0 spiro atoms. The van der Waals surface area contributed by atoms with Crippen LogP contribution in [0.5, 0.6) is 0 Å². The molecule has 0 aromatic heterocycles. The molecule has 0 bridgehead atoms. The van der Waals surface area contributed by atoms with Gasteiger partial charge in [-0.25, -0.2) is 8.78 Å². The number of anilines is 2. The first-order valence-electron chi connectivity index (χ1n) is 7.82. The fourth-order valence-corrected chi connectivity index (χ4v) is 2.35. The third kappa shape index (κ3) is 6.42. The van der Waals surface area contributed by atoms with Crippen LogP contribution in [0.4, 0.5) is 20.2 Å². The lowest BCUT2D eigenvalue weighted by Gasteiger charge is -2.16. The van der Waals surface area contributed by atoms with Gasteiger partial charge in [0.1, 0.15) is 11.6 Å². The maximum atomic E-state index is 13.6. The Hall–Kier alpha value is -2.51. The van der Waals surface area contributed by atoms with E-state index in [2.05, 4.69) is 10.6 Å². The van der Waals surface area contributed by atoms with E-state index in [-0.39, 0.29) is 42.0 Å². The van der Waals surface area contributed by atoms with Gasteiger partial charge in [0.25, 0.3) is 0 Å². The number of rotatable bonds is 7. The monoisotopic (exact) mass is 381 g/mol. The summed E-state index contributed by atoms with van der Waals surface area (Å²) in [5.41, 5.74) is 0.408. The second-order valence-corrected chi connectivity index (χ2v) is 6.16. The van der Waals surface area contributed by atoms with Gasteiger partial charge in [-0.3, -0.25) is 14.5 Å². The minimum Gasteiger partial charge on any atom is -0.325 e. The molecule has 8 heteroatoms. The molecule has 5 nitrogen and oxygen atoms in total. The maximum Gasteiger partial charge on any atom is 0.238 e. The predicted octanol–water partition coefficient (Wildman–Crippen LogP) is 3.52. The molecule has 0 atom stereocenters. The third-order valence-corrected chi connectivity index (χ3v) is 3.68. The number of hydrogen-bond donors (Lipinski definition) is 2. The summed E-state index contributed by atoms with van der Waals surface area (Å²) in [5, 5.41) is 5.26. The number of halogens is 3. The van der Waals surface area contributed by atoms with Gasteiger partial charge >= 0.3 is 0 Å². The number of carbonyl (C=O) groups is 2. The predicted molar refractivity (Wildman–Crippen MR) is 97.2 cm³/mol. The van der Waals surface area contributed by atoms with Crippen LogP contribution in [0.3, 0.4) is 0 Å². The molecule has 0 unspecified atom stereocenters. The second kappa shape index (κ2) is 9.26.